The van der Waals surface area contributed by atoms with Crippen molar-refractivity contribution in [3.05, 3.63) is 35.4 Å². The van der Waals surface area contributed by atoms with Gasteiger partial charge in [-0.05, 0) is 37.5 Å². The number of benzene rings is 1. The van der Waals surface area contributed by atoms with Gasteiger partial charge in [0.1, 0.15) is 0 Å². The number of pyridine rings is 1. The number of ether oxygens (including phenoxy) is 1. The van der Waals surface area contributed by atoms with Gasteiger partial charge in [0.25, 0.3) is 0 Å². The lowest BCUT2D eigenvalue weighted by atomic mass is 10.1. The van der Waals surface area contributed by atoms with Crippen LogP contribution in [0.25, 0.3) is 10.9 Å². The van der Waals surface area contributed by atoms with Crippen LogP contribution in [-0.4, -0.2) is 22.0 Å². The van der Waals surface area contributed by atoms with Crippen molar-refractivity contribution in [2.24, 2.45) is 0 Å². The highest BCUT2D eigenvalue weighted by atomic mass is 16.6. The molecule has 1 aromatic carbocycles. The fourth-order valence-electron chi connectivity index (χ4n) is 2.56. The molecule has 1 aromatic heterocycles. The minimum absolute atomic E-state index is 0.255. The van der Waals surface area contributed by atoms with E-state index in [0.29, 0.717) is 18.5 Å². The standard InChI is InChI=1S/C15H14N2O2/c1-9-2-3-10-7-11-8-17(12-4-5-12)15(18)19-14(11)16-13(10)6-9/h2-3,6-7,12H,4-5,8H2,1H3. The first kappa shape index (κ1) is 10.8. The van der Waals surface area contributed by atoms with Crippen molar-refractivity contribution in [2.75, 3.05) is 0 Å². The molecule has 4 rings (SSSR count). The molecule has 2 heterocycles. The van der Waals surface area contributed by atoms with Crippen LogP contribution in [0.4, 0.5) is 4.79 Å². The number of amides is 1. The van der Waals surface area contributed by atoms with E-state index < -0.39 is 0 Å². The Morgan fingerprint density at radius 2 is 2.16 bits per heavy atom. The van der Waals surface area contributed by atoms with E-state index in [1.165, 1.54) is 0 Å². The van der Waals surface area contributed by atoms with Crippen molar-refractivity contribution in [1.29, 1.82) is 0 Å². The number of carbonyl (C=O) groups excluding carboxylic acids is 1. The zero-order valence-electron chi connectivity index (χ0n) is 10.7. The van der Waals surface area contributed by atoms with Gasteiger partial charge in [-0.25, -0.2) is 9.78 Å². The zero-order valence-corrected chi connectivity index (χ0v) is 10.7. The maximum atomic E-state index is 11.9. The van der Waals surface area contributed by atoms with Gasteiger partial charge in [0.2, 0.25) is 5.88 Å². The summed E-state index contributed by atoms with van der Waals surface area (Å²) in [4.78, 5) is 18.2. The Morgan fingerprint density at radius 3 is 2.95 bits per heavy atom. The highest BCUT2D eigenvalue weighted by Crippen LogP contribution is 2.34. The van der Waals surface area contributed by atoms with E-state index in [2.05, 4.69) is 23.2 Å². The molecule has 19 heavy (non-hydrogen) atoms. The second-order valence-electron chi connectivity index (χ2n) is 5.38. The number of carbonyl (C=O) groups is 1. The molecule has 4 heteroatoms. The maximum absolute atomic E-state index is 11.9. The van der Waals surface area contributed by atoms with Gasteiger partial charge < -0.3 is 9.64 Å². The van der Waals surface area contributed by atoms with Gasteiger partial charge in [-0.15, -0.1) is 0 Å². The Hall–Kier alpha value is -2.10. The van der Waals surface area contributed by atoms with E-state index in [4.69, 9.17) is 4.74 Å². The summed E-state index contributed by atoms with van der Waals surface area (Å²) in [5, 5.41) is 1.10. The second-order valence-corrected chi connectivity index (χ2v) is 5.38. The molecule has 0 saturated heterocycles. The van der Waals surface area contributed by atoms with Gasteiger partial charge in [0, 0.05) is 17.0 Å². The summed E-state index contributed by atoms with van der Waals surface area (Å²) < 4.78 is 5.37. The number of fused-ring (bicyclic) bond motifs is 2. The predicted molar refractivity (Wildman–Crippen MR) is 71.1 cm³/mol. The molecule has 96 valence electrons. The molecule has 0 spiro atoms. The highest BCUT2D eigenvalue weighted by molar-refractivity contribution is 5.83. The summed E-state index contributed by atoms with van der Waals surface area (Å²) in [5.41, 5.74) is 3.04. The molecule has 1 aliphatic carbocycles. The van der Waals surface area contributed by atoms with Gasteiger partial charge in [-0.1, -0.05) is 12.1 Å². The number of aromatic nitrogens is 1. The van der Waals surface area contributed by atoms with Gasteiger partial charge >= 0.3 is 6.09 Å². The second kappa shape index (κ2) is 3.70. The summed E-state index contributed by atoms with van der Waals surface area (Å²) in [6.45, 7) is 2.65. The van der Waals surface area contributed by atoms with Crippen molar-refractivity contribution >= 4 is 17.0 Å². The van der Waals surface area contributed by atoms with Crippen LogP contribution in [0, 0.1) is 6.92 Å². The summed E-state index contributed by atoms with van der Waals surface area (Å²) in [6.07, 6.45) is 1.92. The van der Waals surface area contributed by atoms with Crippen LogP contribution in [0.5, 0.6) is 5.88 Å². The Labute approximate surface area is 111 Å². The smallest absolute Gasteiger partial charge is 0.391 e. The third-order valence-electron chi connectivity index (χ3n) is 3.76. The average Bonchev–Trinajstić information content (AvgIpc) is 3.20. The summed E-state index contributed by atoms with van der Waals surface area (Å²) in [5.74, 6) is 0.472. The molecule has 0 bridgehead atoms. The van der Waals surface area contributed by atoms with Crippen molar-refractivity contribution in [3.63, 3.8) is 0 Å². The van der Waals surface area contributed by atoms with Crippen LogP contribution in [0.3, 0.4) is 0 Å². The number of rotatable bonds is 1. The molecule has 1 saturated carbocycles. The molecular weight excluding hydrogens is 240 g/mol. The average molecular weight is 254 g/mol. The van der Waals surface area contributed by atoms with E-state index in [1.807, 2.05) is 17.9 Å². The lowest BCUT2D eigenvalue weighted by molar-refractivity contribution is 0.133. The molecule has 4 nitrogen and oxygen atoms in total. The predicted octanol–water partition coefficient (Wildman–Crippen LogP) is 3.02. The number of aryl methyl sites for hydroxylation is 1. The molecule has 1 amide bonds. The van der Waals surface area contributed by atoms with Crippen LogP contribution >= 0.6 is 0 Å². The van der Waals surface area contributed by atoms with Crippen molar-refractivity contribution in [1.82, 2.24) is 9.88 Å². The maximum Gasteiger partial charge on any atom is 0.417 e. The largest absolute Gasteiger partial charge is 0.417 e. The van der Waals surface area contributed by atoms with Crippen molar-refractivity contribution in [3.8, 4) is 5.88 Å². The zero-order chi connectivity index (χ0) is 13.0. The number of hydrogen-bond donors (Lipinski definition) is 0. The van der Waals surface area contributed by atoms with E-state index in [0.717, 1.165) is 34.9 Å². The Balaban J connectivity index is 1.82. The lowest BCUT2D eigenvalue weighted by Gasteiger charge is -2.27. The van der Waals surface area contributed by atoms with Crippen LogP contribution in [-0.2, 0) is 6.54 Å². The van der Waals surface area contributed by atoms with Gasteiger partial charge in [0.05, 0.1) is 12.1 Å². The molecule has 0 unspecified atom stereocenters. The van der Waals surface area contributed by atoms with E-state index in [-0.39, 0.29) is 6.09 Å². The monoisotopic (exact) mass is 254 g/mol. The summed E-state index contributed by atoms with van der Waals surface area (Å²) in [7, 11) is 0. The Bertz CT molecular complexity index is 692. The first-order chi connectivity index (χ1) is 9.20. The quantitative estimate of drug-likeness (QED) is 0.785. The van der Waals surface area contributed by atoms with Crippen LogP contribution in [0.15, 0.2) is 24.3 Å². The molecule has 0 radical (unpaired) electrons. The first-order valence-electron chi connectivity index (χ1n) is 6.59. The van der Waals surface area contributed by atoms with Gasteiger partial charge in [-0.3, -0.25) is 0 Å². The summed E-state index contributed by atoms with van der Waals surface area (Å²) >= 11 is 0. The molecular formula is C15H14N2O2. The minimum Gasteiger partial charge on any atom is -0.391 e. The highest BCUT2D eigenvalue weighted by Gasteiger charge is 2.37. The molecule has 2 aromatic rings. The Kier molecular flexibility index (Phi) is 2.10. The van der Waals surface area contributed by atoms with Gasteiger partial charge in [-0.2, -0.15) is 0 Å². The summed E-state index contributed by atoms with van der Waals surface area (Å²) in [6, 6.07) is 8.60. The fourth-order valence-corrected chi connectivity index (χ4v) is 2.56. The number of nitrogens with zero attached hydrogens (tertiary/aromatic N) is 2. The lowest BCUT2D eigenvalue weighted by Crippen LogP contribution is -2.38. The molecule has 0 atom stereocenters. The minimum atomic E-state index is -0.255. The van der Waals surface area contributed by atoms with E-state index in [9.17, 15) is 4.79 Å². The van der Waals surface area contributed by atoms with E-state index >= 15 is 0 Å². The molecule has 1 fully saturated rings. The third kappa shape index (κ3) is 1.75. The Morgan fingerprint density at radius 1 is 1.32 bits per heavy atom. The van der Waals surface area contributed by atoms with Crippen LogP contribution in [0.2, 0.25) is 0 Å². The van der Waals surface area contributed by atoms with Gasteiger partial charge in [0.15, 0.2) is 0 Å². The first-order valence-corrected chi connectivity index (χ1v) is 6.59. The van der Waals surface area contributed by atoms with Crippen LogP contribution in [0.1, 0.15) is 24.0 Å². The topological polar surface area (TPSA) is 42.4 Å². The normalized spacial score (nSPS) is 18.4. The SMILES string of the molecule is Cc1ccc2cc3c(nc2c1)OC(=O)N(C1CC1)C3. The molecule has 2 aliphatic rings. The third-order valence-corrected chi connectivity index (χ3v) is 3.76. The fraction of sp³-hybridized carbons (Fsp3) is 0.333. The van der Waals surface area contributed by atoms with Crippen molar-refractivity contribution < 1.29 is 9.53 Å². The van der Waals surface area contributed by atoms with E-state index in [1.54, 1.807) is 0 Å². The van der Waals surface area contributed by atoms with Crippen LogP contribution < -0.4 is 4.74 Å². The number of hydrogen-bond acceptors (Lipinski definition) is 3. The molecule has 0 N–H and O–H groups in total. The molecule has 1 aliphatic heterocycles. The van der Waals surface area contributed by atoms with Crippen molar-refractivity contribution in [2.45, 2.75) is 32.4 Å².